The number of rotatable bonds is 8. The normalized spacial score (nSPS) is 10.1. The Hall–Kier alpha value is -3.36. The van der Waals surface area contributed by atoms with Gasteiger partial charge >= 0.3 is 5.97 Å². The van der Waals surface area contributed by atoms with Crippen LogP contribution in [0.2, 0.25) is 0 Å². The van der Waals surface area contributed by atoms with Gasteiger partial charge in [-0.15, -0.1) is 0 Å². The summed E-state index contributed by atoms with van der Waals surface area (Å²) in [6, 6.07) is 6.78. The lowest BCUT2D eigenvalue weighted by atomic mass is 10.2. The number of ether oxygens (including phenoxy) is 3. The van der Waals surface area contributed by atoms with Gasteiger partial charge in [-0.1, -0.05) is 12.1 Å². The van der Waals surface area contributed by atoms with E-state index in [2.05, 4.69) is 9.97 Å². The summed E-state index contributed by atoms with van der Waals surface area (Å²) in [5, 5.41) is 8.60. The first-order valence-corrected chi connectivity index (χ1v) is 7.58. The molecule has 0 saturated carbocycles. The summed E-state index contributed by atoms with van der Waals surface area (Å²) in [6.07, 6.45) is 1.25. The van der Waals surface area contributed by atoms with Gasteiger partial charge in [-0.2, -0.15) is 0 Å². The molecule has 1 N–H and O–H groups in total. The standard InChI is InChI=1S/C17H19N3O6/c1-20(8-11-4-6-12(7-5-11)26-9-13(21)22)17(23)14-15(24-2)18-10-19-16(14)25-3/h4-7,10H,8-9H2,1-3H3,(H,21,22). The number of methoxy groups -OCH3 is 2. The Morgan fingerprint density at radius 2 is 1.65 bits per heavy atom. The molecule has 9 heteroatoms. The molecule has 0 fully saturated rings. The second kappa shape index (κ2) is 8.65. The van der Waals surface area contributed by atoms with E-state index in [1.807, 2.05) is 0 Å². The van der Waals surface area contributed by atoms with E-state index in [0.717, 1.165) is 5.56 Å². The molecule has 0 radical (unpaired) electrons. The fourth-order valence-corrected chi connectivity index (χ4v) is 2.22. The lowest BCUT2D eigenvalue weighted by Gasteiger charge is -2.19. The highest BCUT2D eigenvalue weighted by Crippen LogP contribution is 2.25. The van der Waals surface area contributed by atoms with E-state index < -0.39 is 12.6 Å². The third-order valence-corrected chi connectivity index (χ3v) is 3.43. The van der Waals surface area contributed by atoms with Crippen molar-refractivity contribution in [3.63, 3.8) is 0 Å². The number of hydrogen-bond donors (Lipinski definition) is 1. The maximum atomic E-state index is 12.7. The van der Waals surface area contributed by atoms with Gasteiger partial charge in [0, 0.05) is 13.6 Å². The quantitative estimate of drug-likeness (QED) is 0.747. The Morgan fingerprint density at radius 3 is 2.15 bits per heavy atom. The third-order valence-electron chi connectivity index (χ3n) is 3.43. The van der Waals surface area contributed by atoms with Crippen molar-refractivity contribution in [3.05, 3.63) is 41.7 Å². The van der Waals surface area contributed by atoms with Gasteiger partial charge in [0.15, 0.2) is 12.2 Å². The summed E-state index contributed by atoms with van der Waals surface area (Å²) in [6.45, 7) is -0.107. The molecule has 9 nitrogen and oxygen atoms in total. The van der Waals surface area contributed by atoms with Crippen LogP contribution in [0, 0.1) is 0 Å². The van der Waals surface area contributed by atoms with Gasteiger partial charge in [0.1, 0.15) is 12.1 Å². The van der Waals surface area contributed by atoms with Gasteiger partial charge in [0.2, 0.25) is 11.8 Å². The van der Waals surface area contributed by atoms with E-state index in [9.17, 15) is 9.59 Å². The molecule has 1 aromatic heterocycles. The molecule has 0 bridgehead atoms. The summed E-state index contributed by atoms with van der Waals surface area (Å²) in [4.78, 5) is 32.6. The van der Waals surface area contributed by atoms with Crippen LogP contribution in [0.15, 0.2) is 30.6 Å². The minimum atomic E-state index is -1.05. The Labute approximate surface area is 150 Å². The van der Waals surface area contributed by atoms with Crippen LogP contribution in [0.1, 0.15) is 15.9 Å². The second-order valence-electron chi connectivity index (χ2n) is 5.25. The van der Waals surface area contributed by atoms with Gasteiger partial charge in [0.05, 0.1) is 14.2 Å². The monoisotopic (exact) mass is 361 g/mol. The number of aromatic nitrogens is 2. The zero-order chi connectivity index (χ0) is 19.1. The second-order valence-corrected chi connectivity index (χ2v) is 5.25. The molecule has 1 aromatic carbocycles. The Kier molecular flexibility index (Phi) is 6.31. The van der Waals surface area contributed by atoms with Crippen LogP contribution in [0.4, 0.5) is 0 Å². The van der Waals surface area contributed by atoms with Crippen LogP contribution in [-0.4, -0.2) is 59.7 Å². The van der Waals surface area contributed by atoms with E-state index in [-0.39, 0.29) is 23.2 Å². The fourth-order valence-electron chi connectivity index (χ4n) is 2.22. The van der Waals surface area contributed by atoms with Gasteiger partial charge in [-0.3, -0.25) is 4.79 Å². The van der Waals surface area contributed by atoms with E-state index in [0.29, 0.717) is 12.3 Å². The number of amides is 1. The summed E-state index contributed by atoms with van der Waals surface area (Å²) in [7, 11) is 4.45. The Balaban J connectivity index is 2.11. The molecular formula is C17H19N3O6. The van der Waals surface area contributed by atoms with Crippen molar-refractivity contribution in [1.29, 1.82) is 0 Å². The molecule has 0 spiro atoms. The molecule has 0 aliphatic heterocycles. The first-order valence-electron chi connectivity index (χ1n) is 7.58. The molecule has 26 heavy (non-hydrogen) atoms. The number of nitrogens with zero attached hydrogens (tertiary/aromatic N) is 3. The average molecular weight is 361 g/mol. The number of carboxylic acid groups (broad SMARTS) is 1. The van der Waals surface area contributed by atoms with Crippen LogP contribution in [0.3, 0.4) is 0 Å². The van der Waals surface area contributed by atoms with E-state index in [1.54, 1.807) is 31.3 Å². The molecular weight excluding hydrogens is 342 g/mol. The number of carboxylic acids is 1. The molecule has 2 aromatic rings. The topological polar surface area (TPSA) is 111 Å². The van der Waals surface area contributed by atoms with Crippen LogP contribution < -0.4 is 14.2 Å². The highest BCUT2D eigenvalue weighted by Gasteiger charge is 2.24. The zero-order valence-electron chi connectivity index (χ0n) is 14.6. The first kappa shape index (κ1) is 19.0. The number of benzene rings is 1. The maximum Gasteiger partial charge on any atom is 0.341 e. The van der Waals surface area contributed by atoms with Crippen molar-refractivity contribution in [2.75, 3.05) is 27.9 Å². The van der Waals surface area contributed by atoms with Crippen molar-refractivity contribution in [2.45, 2.75) is 6.54 Å². The van der Waals surface area contributed by atoms with Crippen LogP contribution in [0.25, 0.3) is 0 Å². The summed E-state index contributed by atoms with van der Waals surface area (Å²) >= 11 is 0. The average Bonchev–Trinajstić information content (AvgIpc) is 2.65. The predicted octanol–water partition coefficient (Wildman–Crippen LogP) is 1.23. The van der Waals surface area contributed by atoms with E-state index >= 15 is 0 Å². The molecule has 0 unspecified atom stereocenters. The Morgan fingerprint density at radius 1 is 1.08 bits per heavy atom. The molecule has 1 amide bonds. The highest BCUT2D eigenvalue weighted by atomic mass is 16.5. The van der Waals surface area contributed by atoms with E-state index in [4.69, 9.17) is 19.3 Å². The van der Waals surface area contributed by atoms with Gasteiger partial charge in [-0.25, -0.2) is 14.8 Å². The number of carbonyl (C=O) groups is 2. The third kappa shape index (κ3) is 4.59. The zero-order valence-corrected chi connectivity index (χ0v) is 14.6. The molecule has 1 heterocycles. The SMILES string of the molecule is COc1ncnc(OC)c1C(=O)N(C)Cc1ccc(OCC(=O)O)cc1. The van der Waals surface area contributed by atoms with Crippen molar-refractivity contribution in [2.24, 2.45) is 0 Å². The number of aliphatic carboxylic acids is 1. The summed E-state index contributed by atoms with van der Waals surface area (Å²) < 4.78 is 15.3. The van der Waals surface area contributed by atoms with Crippen molar-refractivity contribution >= 4 is 11.9 Å². The van der Waals surface area contributed by atoms with Crippen LogP contribution >= 0.6 is 0 Å². The smallest absolute Gasteiger partial charge is 0.341 e. The van der Waals surface area contributed by atoms with Gasteiger partial charge in [0.25, 0.3) is 5.91 Å². The summed E-state index contributed by atoms with van der Waals surface area (Å²) in [5.74, 6) is -0.708. The summed E-state index contributed by atoms with van der Waals surface area (Å²) in [5.41, 5.74) is 0.972. The largest absolute Gasteiger partial charge is 0.482 e. The van der Waals surface area contributed by atoms with Crippen LogP contribution in [0.5, 0.6) is 17.5 Å². The van der Waals surface area contributed by atoms with Gasteiger partial charge < -0.3 is 24.2 Å². The Bertz CT molecular complexity index is 756. The molecule has 0 atom stereocenters. The number of carbonyl (C=O) groups excluding carboxylic acids is 1. The van der Waals surface area contributed by atoms with Crippen molar-refractivity contribution in [1.82, 2.24) is 14.9 Å². The lowest BCUT2D eigenvalue weighted by molar-refractivity contribution is -0.139. The molecule has 2 rings (SSSR count). The highest BCUT2D eigenvalue weighted by molar-refractivity contribution is 5.98. The molecule has 0 aliphatic rings. The number of hydrogen-bond acceptors (Lipinski definition) is 7. The lowest BCUT2D eigenvalue weighted by Crippen LogP contribution is -2.27. The van der Waals surface area contributed by atoms with E-state index in [1.165, 1.54) is 25.4 Å². The van der Waals surface area contributed by atoms with Gasteiger partial charge in [-0.05, 0) is 17.7 Å². The minimum absolute atomic E-state index is 0.131. The molecule has 138 valence electrons. The van der Waals surface area contributed by atoms with Crippen molar-refractivity contribution < 1.29 is 28.9 Å². The first-order chi connectivity index (χ1) is 12.5. The minimum Gasteiger partial charge on any atom is -0.482 e. The molecule has 0 aliphatic carbocycles. The van der Waals surface area contributed by atoms with Crippen LogP contribution in [-0.2, 0) is 11.3 Å². The molecule has 0 saturated heterocycles. The predicted molar refractivity (Wildman–Crippen MR) is 90.5 cm³/mol. The fraction of sp³-hybridized carbons (Fsp3) is 0.294. The maximum absolute atomic E-state index is 12.7. The van der Waals surface area contributed by atoms with Crippen molar-refractivity contribution in [3.8, 4) is 17.5 Å².